The molecule has 0 aliphatic carbocycles. The molecule has 0 saturated heterocycles. The van der Waals surface area contributed by atoms with Crippen LogP contribution < -0.4 is 11.1 Å². The average molecular weight is 243 g/mol. The highest BCUT2D eigenvalue weighted by Gasteiger charge is 2.30. The number of nitrogens with one attached hydrogen (secondary N) is 1. The van der Waals surface area contributed by atoms with E-state index in [9.17, 15) is 9.59 Å². The summed E-state index contributed by atoms with van der Waals surface area (Å²) in [5.41, 5.74) is 4.61. The minimum absolute atomic E-state index is 0.0551. The number of carbonyl (C=O) groups is 2. The van der Waals surface area contributed by atoms with E-state index in [1.165, 1.54) is 4.90 Å². The summed E-state index contributed by atoms with van der Waals surface area (Å²) in [6, 6.07) is 0. The zero-order chi connectivity index (χ0) is 13.9. The highest BCUT2D eigenvalue weighted by atomic mass is 16.2. The summed E-state index contributed by atoms with van der Waals surface area (Å²) in [6.45, 7) is 9.56. The Labute approximate surface area is 104 Å². The zero-order valence-electron chi connectivity index (χ0n) is 11.8. The third-order valence-corrected chi connectivity index (χ3v) is 2.33. The van der Waals surface area contributed by atoms with E-state index >= 15 is 0 Å². The van der Waals surface area contributed by atoms with Crippen LogP contribution in [0.15, 0.2) is 0 Å². The van der Waals surface area contributed by atoms with Gasteiger partial charge in [0.15, 0.2) is 0 Å². The molecule has 0 saturated carbocycles. The van der Waals surface area contributed by atoms with Gasteiger partial charge in [0, 0.05) is 19.1 Å². The van der Waals surface area contributed by atoms with Crippen LogP contribution in [0.5, 0.6) is 0 Å². The first-order valence-electron chi connectivity index (χ1n) is 5.76. The Hall–Kier alpha value is -1.10. The van der Waals surface area contributed by atoms with E-state index in [2.05, 4.69) is 5.32 Å². The van der Waals surface area contributed by atoms with Gasteiger partial charge >= 0.3 is 0 Å². The van der Waals surface area contributed by atoms with Gasteiger partial charge in [-0.05, 0) is 34.6 Å². The summed E-state index contributed by atoms with van der Waals surface area (Å²) in [5, 5.41) is 2.81. The van der Waals surface area contributed by atoms with Gasteiger partial charge in [-0.3, -0.25) is 9.59 Å². The molecule has 0 aromatic carbocycles. The summed E-state index contributed by atoms with van der Waals surface area (Å²) >= 11 is 0. The quantitative estimate of drug-likeness (QED) is 0.748. The maximum atomic E-state index is 12.0. The van der Waals surface area contributed by atoms with Crippen molar-refractivity contribution in [1.29, 1.82) is 0 Å². The minimum Gasteiger partial charge on any atom is -0.350 e. The molecule has 5 nitrogen and oxygen atoms in total. The van der Waals surface area contributed by atoms with Crippen molar-refractivity contribution in [2.75, 3.05) is 20.1 Å². The molecule has 0 aromatic heterocycles. The summed E-state index contributed by atoms with van der Waals surface area (Å²) in [7, 11) is 1.61. The minimum atomic E-state index is -0.628. The van der Waals surface area contributed by atoms with Crippen LogP contribution in [0.3, 0.4) is 0 Å². The normalized spacial score (nSPS) is 12.2. The SMILES string of the molecule is CN(CC(=O)NC(C)(C)C)C(=O)C(C)(C)CN. The van der Waals surface area contributed by atoms with E-state index in [-0.39, 0.29) is 30.4 Å². The molecular weight excluding hydrogens is 218 g/mol. The molecule has 5 heteroatoms. The van der Waals surface area contributed by atoms with E-state index < -0.39 is 5.41 Å². The maximum Gasteiger partial charge on any atom is 0.240 e. The van der Waals surface area contributed by atoms with Gasteiger partial charge in [0.2, 0.25) is 11.8 Å². The number of carbonyl (C=O) groups excluding carboxylic acids is 2. The Kier molecular flexibility index (Phi) is 5.13. The fourth-order valence-electron chi connectivity index (χ4n) is 1.35. The van der Waals surface area contributed by atoms with Crippen LogP contribution in [0.25, 0.3) is 0 Å². The van der Waals surface area contributed by atoms with Gasteiger partial charge in [0.1, 0.15) is 0 Å². The fourth-order valence-corrected chi connectivity index (χ4v) is 1.35. The van der Waals surface area contributed by atoms with Crippen LogP contribution in [0.1, 0.15) is 34.6 Å². The van der Waals surface area contributed by atoms with Crippen molar-refractivity contribution in [1.82, 2.24) is 10.2 Å². The molecule has 100 valence electrons. The lowest BCUT2D eigenvalue weighted by Gasteiger charge is -2.29. The van der Waals surface area contributed by atoms with Crippen molar-refractivity contribution < 1.29 is 9.59 Å². The summed E-state index contributed by atoms with van der Waals surface area (Å²) in [4.78, 5) is 25.0. The number of likely N-dealkylation sites (N-methyl/N-ethyl adjacent to an activating group) is 1. The lowest BCUT2D eigenvalue weighted by atomic mass is 9.92. The van der Waals surface area contributed by atoms with Crippen molar-refractivity contribution in [2.24, 2.45) is 11.1 Å². The molecule has 0 bridgehead atoms. The van der Waals surface area contributed by atoms with Crippen molar-refractivity contribution >= 4 is 11.8 Å². The first kappa shape index (κ1) is 15.9. The Balaban J connectivity index is 4.41. The number of hydrogen-bond acceptors (Lipinski definition) is 3. The summed E-state index contributed by atoms with van der Waals surface area (Å²) in [5.74, 6) is -0.287. The molecule has 0 spiro atoms. The highest BCUT2D eigenvalue weighted by Crippen LogP contribution is 2.15. The second-order valence-electron chi connectivity index (χ2n) is 6.05. The van der Waals surface area contributed by atoms with Gasteiger partial charge in [-0.1, -0.05) is 0 Å². The smallest absolute Gasteiger partial charge is 0.240 e. The van der Waals surface area contributed by atoms with Crippen molar-refractivity contribution in [2.45, 2.75) is 40.2 Å². The molecule has 17 heavy (non-hydrogen) atoms. The first-order valence-corrected chi connectivity index (χ1v) is 5.76. The van der Waals surface area contributed by atoms with Gasteiger partial charge in [-0.15, -0.1) is 0 Å². The Morgan fingerprint density at radius 1 is 1.18 bits per heavy atom. The van der Waals surface area contributed by atoms with Crippen LogP contribution in [-0.2, 0) is 9.59 Å². The van der Waals surface area contributed by atoms with E-state index in [4.69, 9.17) is 5.73 Å². The number of nitrogens with zero attached hydrogens (tertiary/aromatic N) is 1. The third-order valence-electron chi connectivity index (χ3n) is 2.33. The van der Waals surface area contributed by atoms with Crippen LogP contribution in [0.2, 0.25) is 0 Å². The second kappa shape index (κ2) is 5.49. The second-order valence-corrected chi connectivity index (χ2v) is 6.05. The molecule has 0 heterocycles. The maximum absolute atomic E-state index is 12.0. The van der Waals surface area contributed by atoms with Crippen LogP contribution in [-0.4, -0.2) is 42.4 Å². The molecular formula is C12H25N3O2. The Bertz CT molecular complexity index is 293. The fraction of sp³-hybridized carbons (Fsp3) is 0.833. The lowest BCUT2D eigenvalue weighted by molar-refractivity contribution is -0.141. The molecule has 0 aliphatic heterocycles. The molecule has 0 fully saturated rings. The van der Waals surface area contributed by atoms with Gasteiger partial charge < -0.3 is 16.0 Å². The standard InChI is InChI=1S/C12H25N3O2/c1-11(2,3)14-9(16)7-15(6)10(17)12(4,5)8-13/h7-8,13H2,1-6H3,(H,14,16). The Morgan fingerprint density at radius 3 is 2.00 bits per heavy atom. The van der Waals surface area contributed by atoms with E-state index in [1.54, 1.807) is 20.9 Å². The number of amides is 2. The van der Waals surface area contributed by atoms with Crippen molar-refractivity contribution in [3.63, 3.8) is 0 Å². The molecule has 0 aromatic rings. The van der Waals surface area contributed by atoms with Crippen LogP contribution >= 0.6 is 0 Å². The average Bonchev–Trinajstić information content (AvgIpc) is 2.13. The molecule has 2 amide bonds. The summed E-state index contributed by atoms with van der Waals surface area (Å²) in [6.07, 6.45) is 0. The summed E-state index contributed by atoms with van der Waals surface area (Å²) < 4.78 is 0. The van der Waals surface area contributed by atoms with Crippen molar-refractivity contribution in [3.8, 4) is 0 Å². The van der Waals surface area contributed by atoms with E-state index in [1.807, 2.05) is 20.8 Å². The molecule has 0 aliphatic rings. The first-order chi connectivity index (χ1) is 7.49. The van der Waals surface area contributed by atoms with Crippen LogP contribution in [0.4, 0.5) is 0 Å². The highest BCUT2D eigenvalue weighted by molar-refractivity contribution is 5.87. The third kappa shape index (κ3) is 5.68. The van der Waals surface area contributed by atoms with Gasteiger partial charge in [-0.2, -0.15) is 0 Å². The largest absolute Gasteiger partial charge is 0.350 e. The predicted octanol–water partition coefficient (Wildman–Crippen LogP) is 0.344. The van der Waals surface area contributed by atoms with Crippen molar-refractivity contribution in [3.05, 3.63) is 0 Å². The zero-order valence-corrected chi connectivity index (χ0v) is 11.8. The van der Waals surface area contributed by atoms with Crippen LogP contribution in [0, 0.1) is 5.41 Å². The number of nitrogens with two attached hydrogens (primary N) is 1. The number of hydrogen-bond donors (Lipinski definition) is 2. The topological polar surface area (TPSA) is 75.4 Å². The Morgan fingerprint density at radius 2 is 1.65 bits per heavy atom. The molecule has 0 radical (unpaired) electrons. The predicted molar refractivity (Wildman–Crippen MR) is 68.4 cm³/mol. The van der Waals surface area contributed by atoms with Gasteiger partial charge in [0.25, 0.3) is 0 Å². The monoisotopic (exact) mass is 243 g/mol. The lowest BCUT2D eigenvalue weighted by Crippen LogP contribution is -2.49. The van der Waals surface area contributed by atoms with E-state index in [0.29, 0.717) is 0 Å². The molecule has 0 atom stereocenters. The van der Waals surface area contributed by atoms with E-state index in [0.717, 1.165) is 0 Å². The van der Waals surface area contributed by atoms with Gasteiger partial charge in [0.05, 0.1) is 12.0 Å². The van der Waals surface area contributed by atoms with Gasteiger partial charge in [-0.25, -0.2) is 0 Å². The molecule has 3 N–H and O–H groups in total. The molecule has 0 unspecified atom stereocenters. The molecule has 0 rings (SSSR count). The number of rotatable bonds is 4.